The highest BCUT2D eigenvalue weighted by molar-refractivity contribution is 5.82. The highest BCUT2D eigenvalue weighted by atomic mass is 19.4. The summed E-state index contributed by atoms with van der Waals surface area (Å²) in [6, 6.07) is 8.87. The molecule has 0 unspecified atom stereocenters. The topological polar surface area (TPSA) is 120 Å². The minimum atomic E-state index is -4.53. The number of H-pyrrole nitrogens is 1. The fraction of sp³-hybridized carbons (Fsp3) is 0.303. The molecule has 2 aliphatic rings. The second kappa shape index (κ2) is 10.9. The maximum absolute atomic E-state index is 14.2. The molecule has 47 heavy (non-hydrogen) atoms. The zero-order valence-corrected chi connectivity index (χ0v) is 25.5. The van der Waals surface area contributed by atoms with E-state index in [0.29, 0.717) is 45.1 Å². The first-order valence-electron chi connectivity index (χ1n) is 15.3. The number of ether oxygens (including phenoxy) is 1. The van der Waals surface area contributed by atoms with Gasteiger partial charge in [-0.15, -0.1) is 0 Å². The minimum Gasteiger partial charge on any atom is -0.480 e. The molecule has 0 aliphatic heterocycles. The van der Waals surface area contributed by atoms with E-state index in [1.165, 1.54) is 13.4 Å². The first-order valence-corrected chi connectivity index (χ1v) is 15.3. The molecule has 1 aromatic carbocycles. The van der Waals surface area contributed by atoms with Crippen molar-refractivity contribution in [3.63, 3.8) is 0 Å². The quantitative estimate of drug-likeness (QED) is 0.227. The number of aromatic nitrogens is 9. The lowest BCUT2D eigenvalue weighted by Gasteiger charge is -2.14. The second-order valence-electron chi connectivity index (χ2n) is 12.1. The van der Waals surface area contributed by atoms with E-state index < -0.39 is 11.9 Å². The molecule has 0 atom stereocenters. The number of nitrogens with one attached hydrogen (secondary N) is 1. The van der Waals surface area contributed by atoms with Crippen molar-refractivity contribution in [3.8, 4) is 39.9 Å². The standard InChI is InChI=1S/C33H28F3N9O2/c1-43-14-24(40-17-43)23-11-21-12-37-28(26-27(19-7-8-19)38-16-39-31(26)47-2)42-30(21)45(32(23)46)13-18-3-5-20(6-4-18)29-41-25(33(34,35)36)15-44(29)22-9-10-22/h3-6,11-12,14-17,19,22H,7-10,13H2,1-2H3/p+1. The van der Waals surface area contributed by atoms with Crippen LogP contribution in [-0.4, -0.2) is 46.1 Å². The lowest BCUT2D eigenvalue weighted by Crippen LogP contribution is -2.25. The van der Waals surface area contributed by atoms with E-state index in [1.54, 1.807) is 52.0 Å². The van der Waals surface area contributed by atoms with E-state index in [2.05, 4.69) is 24.9 Å². The minimum absolute atomic E-state index is 0.0127. The molecule has 14 heteroatoms. The number of hydrogen-bond donors (Lipinski definition) is 1. The Bertz CT molecular complexity index is 2210. The first kappa shape index (κ1) is 29.0. The number of imidazole rings is 2. The van der Waals surface area contributed by atoms with E-state index in [9.17, 15) is 18.0 Å². The Balaban J connectivity index is 1.24. The van der Waals surface area contributed by atoms with Crippen LogP contribution in [0.4, 0.5) is 13.2 Å². The lowest BCUT2D eigenvalue weighted by atomic mass is 10.1. The summed E-state index contributed by atoms with van der Waals surface area (Å²) in [5.41, 5.74) is 3.05. The van der Waals surface area contributed by atoms with Crippen LogP contribution >= 0.6 is 0 Å². The predicted molar refractivity (Wildman–Crippen MR) is 164 cm³/mol. The third kappa shape index (κ3) is 5.32. The lowest BCUT2D eigenvalue weighted by molar-refractivity contribution is -0.669. The largest absolute Gasteiger partial charge is 0.480 e. The van der Waals surface area contributed by atoms with E-state index in [-0.39, 0.29) is 29.9 Å². The number of methoxy groups -OCH3 is 1. The molecule has 238 valence electrons. The summed E-state index contributed by atoms with van der Waals surface area (Å²) in [4.78, 5) is 39.7. The Morgan fingerprint density at radius 2 is 1.85 bits per heavy atom. The fourth-order valence-electron chi connectivity index (χ4n) is 5.95. The Labute approximate surface area is 265 Å². The van der Waals surface area contributed by atoms with Crippen molar-refractivity contribution in [2.45, 2.75) is 50.4 Å². The summed E-state index contributed by atoms with van der Waals surface area (Å²) in [5.74, 6) is 1.25. The van der Waals surface area contributed by atoms with Crippen molar-refractivity contribution in [2.75, 3.05) is 7.11 Å². The number of hydrogen-bond acceptors (Lipinski definition) is 7. The monoisotopic (exact) mass is 640 g/mol. The highest BCUT2D eigenvalue weighted by Crippen LogP contribution is 2.45. The zero-order chi connectivity index (χ0) is 32.4. The van der Waals surface area contributed by atoms with Crippen molar-refractivity contribution in [2.24, 2.45) is 7.05 Å². The number of aromatic amines is 1. The van der Waals surface area contributed by atoms with Gasteiger partial charge in [-0.1, -0.05) is 24.3 Å². The smallest absolute Gasteiger partial charge is 0.434 e. The van der Waals surface area contributed by atoms with Gasteiger partial charge in [0.2, 0.25) is 12.2 Å². The molecule has 2 aliphatic carbocycles. The summed E-state index contributed by atoms with van der Waals surface area (Å²) in [7, 11) is 3.39. The summed E-state index contributed by atoms with van der Waals surface area (Å²) >= 11 is 0. The molecule has 2 saturated carbocycles. The maximum atomic E-state index is 14.2. The Morgan fingerprint density at radius 3 is 2.51 bits per heavy atom. The van der Waals surface area contributed by atoms with E-state index in [4.69, 9.17) is 9.72 Å². The number of aryl methyl sites for hydroxylation is 1. The zero-order valence-electron chi connectivity index (χ0n) is 25.5. The summed E-state index contributed by atoms with van der Waals surface area (Å²) < 4.78 is 51.2. The van der Waals surface area contributed by atoms with Gasteiger partial charge in [0, 0.05) is 35.3 Å². The van der Waals surface area contributed by atoms with Crippen LogP contribution in [0.25, 0.3) is 45.1 Å². The van der Waals surface area contributed by atoms with Crippen LogP contribution in [0, 0.1) is 0 Å². The van der Waals surface area contributed by atoms with Crippen LogP contribution in [0.5, 0.6) is 5.88 Å². The average Bonchev–Trinajstić information content (AvgIpc) is 4.00. The summed E-state index contributed by atoms with van der Waals surface area (Å²) in [6.07, 6.45) is 6.91. The molecular formula is C33H29F3N9O2+. The van der Waals surface area contributed by atoms with Gasteiger partial charge in [-0.05, 0) is 37.3 Å². The number of fused-ring (bicyclic) bond motifs is 1. The van der Waals surface area contributed by atoms with Gasteiger partial charge in [-0.2, -0.15) is 13.2 Å². The third-order valence-electron chi connectivity index (χ3n) is 8.61. The van der Waals surface area contributed by atoms with Gasteiger partial charge >= 0.3 is 6.18 Å². The number of benzene rings is 1. The third-order valence-corrected chi connectivity index (χ3v) is 8.61. The van der Waals surface area contributed by atoms with E-state index in [1.807, 2.05) is 17.8 Å². The summed E-state index contributed by atoms with van der Waals surface area (Å²) in [5, 5.41) is 0.646. The number of pyridine rings is 1. The van der Waals surface area contributed by atoms with Crippen LogP contribution in [0.2, 0.25) is 0 Å². The molecule has 0 amide bonds. The maximum Gasteiger partial charge on any atom is 0.434 e. The van der Waals surface area contributed by atoms with Gasteiger partial charge < -0.3 is 9.30 Å². The van der Waals surface area contributed by atoms with Crippen LogP contribution in [-0.2, 0) is 19.8 Å². The number of halogens is 3. The van der Waals surface area contributed by atoms with Gasteiger partial charge in [0.1, 0.15) is 29.6 Å². The fourth-order valence-corrected chi connectivity index (χ4v) is 5.95. The molecule has 5 aromatic heterocycles. The molecule has 2 fully saturated rings. The molecule has 5 heterocycles. The van der Waals surface area contributed by atoms with Crippen LogP contribution in [0.3, 0.4) is 0 Å². The van der Waals surface area contributed by atoms with Gasteiger partial charge in [0.15, 0.2) is 17.2 Å². The number of nitrogens with zero attached hydrogens (tertiary/aromatic N) is 8. The van der Waals surface area contributed by atoms with Crippen LogP contribution in [0.15, 0.2) is 66.4 Å². The molecule has 11 nitrogen and oxygen atoms in total. The van der Waals surface area contributed by atoms with Gasteiger partial charge in [-0.25, -0.2) is 34.5 Å². The van der Waals surface area contributed by atoms with Gasteiger partial charge in [-0.3, -0.25) is 9.36 Å². The average molecular weight is 641 g/mol. The Morgan fingerprint density at radius 1 is 1.06 bits per heavy atom. The number of alkyl halides is 3. The molecule has 0 spiro atoms. The van der Waals surface area contributed by atoms with Crippen molar-refractivity contribution >= 4 is 11.0 Å². The molecule has 0 saturated heterocycles. The normalized spacial score (nSPS) is 15.0. The van der Waals surface area contributed by atoms with Crippen molar-refractivity contribution in [1.29, 1.82) is 0 Å². The Kier molecular flexibility index (Phi) is 6.70. The molecule has 8 rings (SSSR count). The molecule has 6 aromatic rings. The van der Waals surface area contributed by atoms with E-state index in [0.717, 1.165) is 43.1 Å². The number of rotatable bonds is 8. The second-order valence-corrected chi connectivity index (χ2v) is 12.1. The predicted octanol–water partition coefficient (Wildman–Crippen LogP) is 5.22. The highest BCUT2D eigenvalue weighted by Gasteiger charge is 2.37. The SMILES string of the molecule is COc1ncnc(C2CC2)c1-c1ncc2cc(-c3c[n+](C)c[nH]3)c(=O)n(Cc3ccc(-c4nc(C(F)(F)F)cn4C4CC4)cc3)c2n1. The van der Waals surface area contributed by atoms with E-state index >= 15 is 0 Å². The van der Waals surface area contributed by atoms with Crippen LogP contribution in [0.1, 0.15) is 54.6 Å². The van der Waals surface area contributed by atoms with Crippen LogP contribution < -0.4 is 14.9 Å². The molecule has 0 radical (unpaired) electrons. The van der Waals surface area contributed by atoms with Gasteiger partial charge in [0.25, 0.3) is 5.56 Å². The van der Waals surface area contributed by atoms with Crippen molar-refractivity contribution in [3.05, 3.63) is 88.9 Å². The Hall–Kier alpha value is -5.40. The molecule has 0 bridgehead atoms. The van der Waals surface area contributed by atoms with Gasteiger partial charge in [0.05, 0.1) is 32.0 Å². The van der Waals surface area contributed by atoms with Crippen molar-refractivity contribution < 1.29 is 22.5 Å². The van der Waals surface area contributed by atoms with Crippen molar-refractivity contribution in [1.82, 2.24) is 39.0 Å². The molecule has 1 N–H and O–H groups in total. The first-order chi connectivity index (χ1) is 22.7. The summed E-state index contributed by atoms with van der Waals surface area (Å²) in [6.45, 7) is 0.148. The molecular weight excluding hydrogens is 611 g/mol.